The summed E-state index contributed by atoms with van der Waals surface area (Å²) in [7, 11) is 0. The van der Waals surface area contributed by atoms with Crippen LogP contribution < -0.4 is 0 Å². The van der Waals surface area contributed by atoms with Gasteiger partial charge in [-0.1, -0.05) is 11.6 Å². The Morgan fingerprint density at radius 3 is 2.28 bits per heavy atom. The minimum Gasteiger partial charge on any atom is -0.336 e. The van der Waals surface area contributed by atoms with Crippen LogP contribution in [-0.2, 0) is 0 Å². The molecule has 2 aromatic heterocycles. The van der Waals surface area contributed by atoms with E-state index in [1.165, 1.54) is 18.5 Å². The number of hydrogen-bond donors (Lipinski definition) is 1. The number of hydrogen-bond acceptors (Lipinski definition) is 3. The Bertz CT molecular complexity index is 996. The molecule has 4 aromatic rings. The maximum absolute atomic E-state index is 13.3. The molecule has 0 radical (unpaired) electrons. The van der Waals surface area contributed by atoms with Crippen molar-refractivity contribution in [1.82, 2.24) is 19.9 Å². The fourth-order valence-corrected chi connectivity index (χ4v) is 2.68. The summed E-state index contributed by atoms with van der Waals surface area (Å²) in [6, 6.07) is 15.4. The van der Waals surface area contributed by atoms with Gasteiger partial charge in [0, 0.05) is 22.3 Å². The number of aromatic nitrogens is 4. The third-order valence-corrected chi connectivity index (χ3v) is 4.03. The number of halogens is 2. The van der Waals surface area contributed by atoms with Crippen molar-refractivity contribution in [2.45, 2.75) is 0 Å². The molecule has 4 nitrogen and oxygen atoms in total. The number of benzene rings is 2. The topological polar surface area (TPSA) is 54.5 Å². The van der Waals surface area contributed by atoms with Crippen molar-refractivity contribution in [3.63, 3.8) is 0 Å². The Morgan fingerprint density at radius 2 is 1.60 bits per heavy atom. The van der Waals surface area contributed by atoms with Gasteiger partial charge in [0.1, 0.15) is 18.0 Å². The molecular formula is C19H12ClFN4. The summed E-state index contributed by atoms with van der Waals surface area (Å²) >= 11 is 5.96. The number of nitrogens with one attached hydrogen (secondary N) is 1. The molecule has 0 aliphatic heterocycles. The first-order valence-corrected chi connectivity index (χ1v) is 7.97. The predicted octanol–water partition coefficient (Wildman–Crippen LogP) is 4.99. The second-order valence-corrected chi connectivity index (χ2v) is 5.85. The summed E-state index contributed by atoms with van der Waals surface area (Å²) in [5.74, 6) is 0.394. The molecule has 122 valence electrons. The number of nitrogens with zero attached hydrogens (tertiary/aromatic N) is 3. The van der Waals surface area contributed by atoms with E-state index < -0.39 is 0 Å². The molecule has 1 N–H and O–H groups in total. The molecule has 0 atom stereocenters. The van der Waals surface area contributed by atoms with Crippen molar-refractivity contribution < 1.29 is 4.39 Å². The zero-order chi connectivity index (χ0) is 17.2. The second-order valence-electron chi connectivity index (χ2n) is 5.42. The monoisotopic (exact) mass is 350 g/mol. The van der Waals surface area contributed by atoms with Crippen molar-refractivity contribution in [2.75, 3.05) is 0 Å². The standard InChI is InChI=1S/C19H12ClFN4/c20-14-5-1-13(2-6-14)19-24-17(12-3-7-15(21)8-4-12)18(25-19)16-9-10-22-11-23-16/h1-11H,(H,24,25). The van der Waals surface area contributed by atoms with Gasteiger partial charge in [0.2, 0.25) is 0 Å². The number of H-pyrrole nitrogens is 1. The highest BCUT2D eigenvalue weighted by Crippen LogP contribution is 2.32. The van der Waals surface area contributed by atoms with Gasteiger partial charge in [0.25, 0.3) is 0 Å². The van der Waals surface area contributed by atoms with Crippen LogP contribution in [0.25, 0.3) is 34.0 Å². The molecule has 0 saturated carbocycles. The molecule has 0 aliphatic rings. The van der Waals surface area contributed by atoms with Crippen LogP contribution in [-0.4, -0.2) is 19.9 Å². The highest BCUT2D eigenvalue weighted by Gasteiger charge is 2.16. The van der Waals surface area contributed by atoms with E-state index in [0.29, 0.717) is 22.2 Å². The number of rotatable bonds is 3. The van der Waals surface area contributed by atoms with Crippen LogP contribution in [0, 0.1) is 5.82 Å². The fraction of sp³-hybridized carbons (Fsp3) is 0. The van der Waals surface area contributed by atoms with Gasteiger partial charge in [-0.05, 0) is 54.6 Å². The van der Waals surface area contributed by atoms with Gasteiger partial charge in [0.05, 0.1) is 17.1 Å². The molecule has 0 bridgehead atoms. The van der Waals surface area contributed by atoms with Crippen molar-refractivity contribution in [2.24, 2.45) is 0 Å². The van der Waals surface area contributed by atoms with Crippen LogP contribution in [0.4, 0.5) is 4.39 Å². The molecule has 0 spiro atoms. The Balaban J connectivity index is 1.89. The van der Waals surface area contributed by atoms with Gasteiger partial charge >= 0.3 is 0 Å². The van der Waals surface area contributed by atoms with Crippen LogP contribution in [0.1, 0.15) is 0 Å². The molecule has 0 fully saturated rings. The highest BCUT2D eigenvalue weighted by molar-refractivity contribution is 6.30. The summed E-state index contributed by atoms with van der Waals surface area (Å²) in [5, 5.41) is 0.657. The molecule has 6 heteroatoms. The zero-order valence-corrected chi connectivity index (χ0v) is 13.7. The second kappa shape index (κ2) is 6.45. The van der Waals surface area contributed by atoms with E-state index >= 15 is 0 Å². The molecule has 4 rings (SSSR count). The molecule has 2 heterocycles. The minimum absolute atomic E-state index is 0.291. The van der Waals surface area contributed by atoms with Crippen LogP contribution >= 0.6 is 11.6 Å². The first-order chi connectivity index (χ1) is 12.2. The normalized spacial score (nSPS) is 10.8. The van der Waals surface area contributed by atoms with Gasteiger partial charge < -0.3 is 4.98 Å². The summed E-state index contributed by atoms with van der Waals surface area (Å²) in [4.78, 5) is 16.3. The average molecular weight is 351 g/mol. The summed E-state index contributed by atoms with van der Waals surface area (Å²) < 4.78 is 13.3. The molecule has 25 heavy (non-hydrogen) atoms. The van der Waals surface area contributed by atoms with E-state index in [0.717, 1.165) is 16.8 Å². The summed E-state index contributed by atoms with van der Waals surface area (Å²) in [6.07, 6.45) is 3.14. The number of imidazole rings is 1. The minimum atomic E-state index is -0.291. The number of aromatic amines is 1. The Morgan fingerprint density at radius 1 is 0.880 bits per heavy atom. The lowest BCUT2D eigenvalue weighted by Crippen LogP contribution is -1.88. The summed E-state index contributed by atoms with van der Waals surface area (Å²) in [6.45, 7) is 0. The van der Waals surface area contributed by atoms with E-state index in [4.69, 9.17) is 16.6 Å². The van der Waals surface area contributed by atoms with Gasteiger partial charge in [-0.3, -0.25) is 0 Å². The molecule has 0 aliphatic carbocycles. The quantitative estimate of drug-likeness (QED) is 0.566. The van der Waals surface area contributed by atoms with E-state index in [-0.39, 0.29) is 5.82 Å². The van der Waals surface area contributed by atoms with Crippen molar-refractivity contribution in [1.29, 1.82) is 0 Å². The van der Waals surface area contributed by atoms with Crippen LogP contribution in [0.2, 0.25) is 5.02 Å². The van der Waals surface area contributed by atoms with E-state index in [2.05, 4.69) is 15.0 Å². The SMILES string of the molecule is Fc1ccc(-c2nc(-c3ccc(Cl)cc3)[nH]c2-c2ccncn2)cc1. The van der Waals surface area contributed by atoms with Crippen molar-refractivity contribution in [3.05, 3.63) is 78.0 Å². The maximum Gasteiger partial charge on any atom is 0.138 e. The third kappa shape index (κ3) is 3.14. The molecule has 0 amide bonds. The molecular weight excluding hydrogens is 339 g/mol. The third-order valence-electron chi connectivity index (χ3n) is 3.78. The zero-order valence-electron chi connectivity index (χ0n) is 12.9. The Hall–Kier alpha value is -3.05. The van der Waals surface area contributed by atoms with Crippen LogP contribution in [0.15, 0.2) is 67.1 Å². The largest absolute Gasteiger partial charge is 0.336 e. The van der Waals surface area contributed by atoms with Crippen LogP contribution in [0.5, 0.6) is 0 Å². The molecule has 2 aromatic carbocycles. The first kappa shape index (κ1) is 15.5. The Kier molecular flexibility index (Phi) is 3.99. The lowest BCUT2D eigenvalue weighted by Gasteiger charge is -2.01. The highest BCUT2D eigenvalue weighted by atomic mass is 35.5. The Labute approximate surface area is 148 Å². The smallest absolute Gasteiger partial charge is 0.138 e. The van der Waals surface area contributed by atoms with Crippen molar-refractivity contribution in [3.8, 4) is 34.0 Å². The van der Waals surface area contributed by atoms with E-state index in [1.54, 1.807) is 36.5 Å². The van der Waals surface area contributed by atoms with E-state index in [9.17, 15) is 4.39 Å². The molecule has 0 unspecified atom stereocenters. The maximum atomic E-state index is 13.3. The average Bonchev–Trinajstić information content (AvgIpc) is 3.09. The molecule has 0 saturated heterocycles. The lowest BCUT2D eigenvalue weighted by molar-refractivity contribution is 0.628. The first-order valence-electron chi connectivity index (χ1n) is 7.59. The fourth-order valence-electron chi connectivity index (χ4n) is 2.56. The summed E-state index contributed by atoms with van der Waals surface area (Å²) in [5.41, 5.74) is 3.85. The van der Waals surface area contributed by atoms with Gasteiger partial charge in [-0.2, -0.15) is 0 Å². The van der Waals surface area contributed by atoms with Crippen LogP contribution in [0.3, 0.4) is 0 Å². The van der Waals surface area contributed by atoms with Crippen molar-refractivity contribution >= 4 is 11.6 Å². The van der Waals surface area contributed by atoms with E-state index in [1.807, 2.05) is 12.1 Å². The predicted molar refractivity (Wildman–Crippen MR) is 95.5 cm³/mol. The van der Waals surface area contributed by atoms with Gasteiger partial charge in [-0.25, -0.2) is 19.3 Å². The van der Waals surface area contributed by atoms with Gasteiger partial charge in [0.15, 0.2) is 0 Å². The lowest BCUT2D eigenvalue weighted by atomic mass is 10.1. The van der Waals surface area contributed by atoms with Gasteiger partial charge in [-0.15, -0.1) is 0 Å².